The van der Waals surface area contributed by atoms with Crippen LogP contribution in [0.4, 0.5) is 4.39 Å². The number of amides is 1. The van der Waals surface area contributed by atoms with Crippen LogP contribution in [0.3, 0.4) is 0 Å². The number of halogens is 1. The molecular weight excluding hydrogens is 325 g/mol. The number of ether oxygens (including phenoxy) is 1. The summed E-state index contributed by atoms with van der Waals surface area (Å²) in [5.41, 5.74) is 1.06. The Morgan fingerprint density at radius 2 is 2.28 bits per heavy atom. The number of aromatic nitrogens is 2. The van der Waals surface area contributed by atoms with Crippen LogP contribution in [-0.4, -0.2) is 22.3 Å². The predicted molar refractivity (Wildman–Crippen MR) is 91.0 cm³/mol. The number of aromatic amines is 1. The topological polar surface area (TPSA) is 76.1 Å². The number of H-pyrrole nitrogens is 1. The zero-order valence-corrected chi connectivity index (χ0v) is 14.3. The van der Waals surface area contributed by atoms with Gasteiger partial charge >= 0.3 is 0 Å². The third-order valence-corrected chi connectivity index (χ3v) is 4.10. The number of nitrogens with zero attached hydrogens (tertiary/aromatic N) is 1. The number of nitrogens with one attached hydrogen (secondary N) is 2. The average Bonchev–Trinajstić information content (AvgIpc) is 2.87. The zero-order chi connectivity index (χ0) is 18.0. The van der Waals surface area contributed by atoms with E-state index < -0.39 is 5.82 Å². The van der Waals surface area contributed by atoms with Gasteiger partial charge in [0.2, 0.25) is 5.91 Å². The molecule has 0 saturated heterocycles. The van der Waals surface area contributed by atoms with E-state index in [0.29, 0.717) is 36.7 Å². The van der Waals surface area contributed by atoms with Crippen molar-refractivity contribution >= 4 is 5.91 Å². The lowest BCUT2D eigenvalue weighted by molar-refractivity contribution is -0.121. The number of hydrogen-bond acceptors (Lipinski definition) is 3. The molecule has 134 valence electrons. The molecule has 2 heterocycles. The van der Waals surface area contributed by atoms with Crippen LogP contribution < -0.4 is 15.6 Å². The molecule has 25 heavy (non-hydrogen) atoms. The molecule has 0 aliphatic carbocycles. The van der Waals surface area contributed by atoms with Gasteiger partial charge in [0.05, 0.1) is 19.1 Å². The van der Waals surface area contributed by atoms with E-state index in [1.165, 1.54) is 16.8 Å². The van der Waals surface area contributed by atoms with Gasteiger partial charge in [-0.2, -0.15) is 0 Å². The number of rotatable bonds is 5. The van der Waals surface area contributed by atoms with Gasteiger partial charge in [0.15, 0.2) is 11.6 Å². The molecule has 7 heteroatoms. The molecule has 1 atom stereocenters. The van der Waals surface area contributed by atoms with Crippen molar-refractivity contribution in [3.8, 4) is 5.75 Å². The first-order valence-corrected chi connectivity index (χ1v) is 8.43. The van der Waals surface area contributed by atoms with E-state index in [2.05, 4.69) is 10.4 Å². The van der Waals surface area contributed by atoms with Crippen LogP contribution in [0.25, 0.3) is 0 Å². The van der Waals surface area contributed by atoms with Crippen molar-refractivity contribution in [2.45, 2.75) is 39.3 Å². The predicted octanol–water partition coefficient (Wildman–Crippen LogP) is 2.15. The molecular formula is C18H22FN3O3. The fourth-order valence-corrected chi connectivity index (χ4v) is 3.03. The van der Waals surface area contributed by atoms with Gasteiger partial charge in [-0.05, 0) is 12.0 Å². The fraction of sp³-hybridized carbons (Fsp3) is 0.444. The smallest absolute Gasteiger partial charge is 0.266 e. The number of para-hydroxylation sites is 1. The van der Waals surface area contributed by atoms with E-state index in [9.17, 15) is 14.0 Å². The molecule has 0 bridgehead atoms. The van der Waals surface area contributed by atoms with Gasteiger partial charge in [-0.3, -0.25) is 19.4 Å². The monoisotopic (exact) mass is 347 g/mol. The van der Waals surface area contributed by atoms with Crippen molar-refractivity contribution in [2.75, 3.05) is 6.61 Å². The van der Waals surface area contributed by atoms with Crippen molar-refractivity contribution in [1.82, 2.24) is 15.1 Å². The number of fused-ring (bicyclic) bond motifs is 1. The molecule has 0 unspecified atom stereocenters. The third kappa shape index (κ3) is 3.92. The standard InChI is InChI=1S/C18H22FN3O3/c1-11(2)10-22-17(24)9-12(21-22)8-16(23)20-15-6-7-25-18-13(15)4-3-5-14(18)19/h3-5,9,11,15,21H,6-8,10H2,1-2H3,(H,20,23)/t15-/m0/s1. The second-order valence-corrected chi connectivity index (χ2v) is 6.72. The minimum atomic E-state index is -0.424. The highest BCUT2D eigenvalue weighted by Gasteiger charge is 2.25. The van der Waals surface area contributed by atoms with Crippen LogP contribution >= 0.6 is 0 Å². The second kappa shape index (κ2) is 7.13. The summed E-state index contributed by atoms with van der Waals surface area (Å²) in [6.45, 7) is 4.95. The zero-order valence-electron chi connectivity index (χ0n) is 14.3. The minimum Gasteiger partial charge on any atom is -0.490 e. The van der Waals surface area contributed by atoms with Gasteiger partial charge < -0.3 is 10.1 Å². The normalized spacial score (nSPS) is 16.4. The molecule has 6 nitrogen and oxygen atoms in total. The van der Waals surface area contributed by atoms with Gasteiger partial charge in [0, 0.05) is 30.3 Å². The quantitative estimate of drug-likeness (QED) is 0.870. The van der Waals surface area contributed by atoms with Crippen LogP contribution in [0.1, 0.15) is 37.6 Å². The minimum absolute atomic E-state index is 0.0718. The maximum absolute atomic E-state index is 13.8. The molecule has 1 aromatic heterocycles. The molecule has 1 amide bonds. The Balaban J connectivity index is 1.68. The van der Waals surface area contributed by atoms with Gasteiger partial charge in [-0.1, -0.05) is 26.0 Å². The maximum atomic E-state index is 13.8. The lowest BCUT2D eigenvalue weighted by atomic mass is 10.00. The molecule has 0 spiro atoms. The van der Waals surface area contributed by atoms with Crippen LogP contribution in [0.2, 0.25) is 0 Å². The molecule has 0 fully saturated rings. The molecule has 2 aromatic rings. The highest BCUT2D eigenvalue weighted by atomic mass is 19.1. The number of carbonyl (C=O) groups excluding carboxylic acids is 1. The van der Waals surface area contributed by atoms with E-state index in [-0.39, 0.29) is 29.7 Å². The van der Waals surface area contributed by atoms with E-state index in [0.717, 1.165) is 0 Å². The van der Waals surface area contributed by atoms with Gasteiger partial charge in [-0.25, -0.2) is 4.39 Å². The van der Waals surface area contributed by atoms with Crippen molar-refractivity contribution < 1.29 is 13.9 Å². The van der Waals surface area contributed by atoms with Gasteiger partial charge in [0.25, 0.3) is 5.56 Å². The Morgan fingerprint density at radius 1 is 1.48 bits per heavy atom. The summed E-state index contributed by atoms with van der Waals surface area (Å²) in [6.07, 6.45) is 0.648. The van der Waals surface area contributed by atoms with Crippen LogP contribution in [0.5, 0.6) is 5.75 Å². The summed E-state index contributed by atoms with van der Waals surface area (Å²) in [7, 11) is 0. The largest absolute Gasteiger partial charge is 0.490 e. The van der Waals surface area contributed by atoms with Crippen LogP contribution in [0, 0.1) is 11.7 Å². The maximum Gasteiger partial charge on any atom is 0.266 e. The molecule has 2 N–H and O–H groups in total. The number of hydrogen-bond donors (Lipinski definition) is 2. The van der Waals surface area contributed by atoms with E-state index in [1.54, 1.807) is 12.1 Å². The molecule has 1 aliphatic rings. The van der Waals surface area contributed by atoms with E-state index >= 15 is 0 Å². The first-order valence-electron chi connectivity index (χ1n) is 8.43. The average molecular weight is 347 g/mol. The lowest BCUT2D eigenvalue weighted by Gasteiger charge is -2.26. The highest BCUT2D eigenvalue weighted by molar-refractivity contribution is 5.78. The molecule has 0 radical (unpaired) electrons. The number of benzene rings is 1. The Labute approximate surface area is 145 Å². The molecule has 1 aromatic carbocycles. The lowest BCUT2D eigenvalue weighted by Crippen LogP contribution is -2.33. The van der Waals surface area contributed by atoms with Crippen LogP contribution in [-0.2, 0) is 17.8 Å². The second-order valence-electron chi connectivity index (χ2n) is 6.72. The summed E-state index contributed by atoms with van der Waals surface area (Å²) in [5.74, 6) is -0.117. The third-order valence-electron chi connectivity index (χ3n) is 4.10. The number of carbonyl (C=O) groups is 1. The summed E-state index contributed by atoms with van der Waals surface area (Å²) in [5, 5.41) is 5.87. The Morgan fingerprint density at radius 3 is 3.04 bits per heavy atom. The summed E-state index contributed by atoms with van der Waals surface area (Å²) in [6, 6.07) is 5.84. The first-order chi connectivity index (χ1) is 11.9. The molecule has 3 rings (SSSR count). The van der Waals surface area contributed by atoms with E-state index in [4.69, 9.17) is 4.74 Å². The fourth-order valence-electron chi connectivity index (χ4n) is 3.03. The summed E-state index contributed by atoms with van der Waals surface area (Å²) < 4.78 is 20.7. The van der Waals surface area contributed by atoms with Crippen molar-refractivity contribution in [1.29, 1.82) is 0 Å². The van der Waals surface area contributed by atoms with Crippen molar-refractivity contribution in [3.63, 3.8) is 0 Å². The van der Waals surface area contributed by atoms with E-state index in [1.807, 2.05) is 13.8 Å². The molecule has 0 saturated carbocycles. The van der Waals surface area contributed by atoms with Crippen molar-refractivity contribution in [2.24, 2.45) is 5.92 Å². The van der Waals surface area contributed by atoms with Gasteiger partial charge in [0.1, 0.15) is 0 Å². The summed E-state index contributed by atoms with van der Waals surface area (Å²) in [4.78, 5) is 24.2. The Hall–Kier alpha value is -2.57. The van der Waals surface area contributed by atoms with Crippen molar-refractivity contribution in [3.05, 3.63) is 51.7 Å². The summed E-state index contributed by atoms with van der Waals surface area (Å²) >= 11 is 0. The molecule has 1 aliphatic heterocycles. The first kappa shape index (κ1) is 17.3. The SMILES string of the molecule is CC(C)Cn1[nH]c(CC(=O)N[C@H]2CCOc3c(F)cccc32)cc1=O. The van der Waals surface area contributed by atoms with Crippen LogP contribution in [0.15, 0.2) is 29.1 Å². The Kier molecular flexibility index (Phi) is 4.92. The van der Waals surface area contributed by atoms with Gasteiger partial charge in [-0.15, -0.1) is 0 Å². The Bertz CT molecular complexity index is 825. The highest BCUT2D eigenvalue weighted by Crippen LogP contribution is 2.33.